The maximum absolute atomic E-state index is 12.4. The van der Waals surface area contributed by atoms with E-state index >= 15 is 0 Å². The largest absolute Gasteiger partial charge is 0.348 e. The number of carbonyl (C=O) groups is 1. The number of hydrogen-bond acceptors (Lipinski definition) is 6. The van der Waals surface area contributed by atoms with Crippen LogP contribution in [0.5, 0.6) is 0 Å². The predicted molar refractivity (Wildman–Crippen MR) is 114 cm³/mol. The number of rotatable bonds is 4. The predicted octanol–water partition coefficient (Wildman–Crippen LogP) is 2.95. The Kier molecular flexibility index (Phi) is 5.35. The Balaban J connectivity index is 1.38. The molecule has 0 bridgehead atoms. The fourth-order valence-corrected chi connectivity index (χ4v) is 6.97. The van der Waals surface area contributed by atoms with E-state index in [0.29, 0.717) is 22.3 Å². The summed E-state index contributed by atoms with van der Waals surface area (Å²) in [5, 5.41) is 7.42. The number of anilines is 1. The molecule has 6 nitrogen and oxygen atoms in total. The Hall–Kier alpha value is -2.03. The molecule has 0 radical (unpaired) electrons. The first-order valence-corrected chi connectivity index (χ1v) is 11.8. The quantitative estimate of drug-likeness (QED) is 0.770. The molecule has 9 heteroatoms. The van der Waals surface area contributed by atoms with E-state index in [-0.39, 0.29) is 28.7 Å². The normalized spacial score (nSPS) is 22.4. The molecule has 1 amide bonds. The van der Waals surface area contributed by atoms with Gasteiger partial charge in [-0.1, -0.05) is 41.6 Å². The number of nitrogens with one attached hydrogen (secondary N) is 2. The van der Waals surface area contributed by atoms with Crippen LogP contribution in [0.1, 0.15) is 15.9 Å². The molecular formula is C19H18ClN3O3S2. The van der Waals surface area contributed by atoms with E-state index in [1.165, 1.54) is 11.8 Å². The van der Waals surface area contributed by atoms with Crippen molar-refractivity contribution < 1.29 is 13.2 Å². The molecule has 2 aliphatic heterocycles. The van der Waals surface area contributed by atoms with E-state index in [0.717, 1.165) is 11.3 Å². The second-order valence-electron chi connectivity index (χ2n) is 6.75. The SMILES string of the molecule is O=C(NCc1ccc(Cl)cc1)c1cccc(NC2=N[C@@H]3CS(=O)(=O)C[C@@H]3S2)c1. The van der Waals surface area contributed by atoms with Crippen LogP contribution < -0.4 is 10.6 Å². The van der Waals surface area contributed by atoms with Crippen molar-refractivity contribution in [1.82, 2.24) is 5.32 Å². The van der Waals surface area contributed by atoms with Crippen molar-refractivity contribution >= 4 is 50.0 Å². The zero-order valence-corrected chi connectivity index (χ0v) is 17.2. The minimum atomic E-state index is -2.97. The van der Waals surface area contributed by atoms with E-state index in [4.69, 9.17) is 11.6 Å². The van der Waals surface area contributed by atoms with Crippen LogP contribution in [0.25, 0.3) is 0 Å². The van der Waals surface area contributed by atoms with Gasteiger partial charge in [-0.05, 0) is 35.9 Å². The highest BCUT2D eigenvalue weighted by molar-refractivity contribution is 8.15. The van der Waals surface area contributed by atoms with Crippen LogP contribution in [0.2, 0.25) is 5.02 Å². The summed E-state index contributed by atoms with van der Waals surface area (Å²) in [7, 11) is -2.97. The van der Waals surface area contributed by atoms with Gasteiger partial charge in [-0.2, -0.15) is 0 Å². The lowest BCUT2D eigenvalue weighted by Crippen LogP contribution is -2.22. The molecule has 0 unspecified atom stereocenters. The fourth-order valence-electron chi connectivity index (χ4n) is 3.16. The van der Waals surface area contributed by atoms with Gasteiger partial charge in [-0.25, -0.2) is 8.42 Å². The van der Waals surface area contributed by atoms with Crippen molar-refractivity contribution in [2.45, 2.75) is 17.8 Å². The van der Waals surface area contributed by atoms with Crippen molar-refractivity contribution in [1.29, 1.82) is 0 Å². The van der Waals surface area contributed by atoms with E-state index in [2.05, 4.69) is 15.6 Å². The minimum absolute atomic E-state index is 0.0154. The number of carbonyl (C=O) groups excluding carboxylic acids is 1. The molecule has 2 N–H and O–H groups in total. The average Bonchev–Trinajstić information content (AvgIpc) is 3.13. The third-order valence-electron chi connectivity index (χ3n) is 4.56. The first-order chi connectivity index (χ1) is 13.4. The van der Waals surface area contributed by atoms with Crippen LogP contribution in [0.4, 0.5) is 5.69 Å². The van der Waals surface area contributed by atoms with Gasteiger partial charge >= 0.3 is 0 Å². The van der Waals surface area contributed by atoms with Crippen LogP contribution in [0.15, 0.2) is 53.5 Å². The number of sulfone groups is 1. The molecule has 1 fully saturated rings. The van der Waals surface area contributed by atoms with Crippen molar-refractivity contribution in [3.63, 3.8) is 0 Å². The Labute approximate surface area is 172 Å². The van der Waals surface area contributed by atoms with Gasteiger partial charge in [0.2, 0.25) is 0 Å². The Morgan fingerprint density at radius 2 is 1.96 bits per heavy atom. The summed E-state index contributed by atoms with van der Waals surface area (Å²) >= 11 is 7.32. The van der Waals surface area contributed by atoms with Crippen LogP contribution >= 0.6 is 23.4 Å². The highest BCUT2D eigenvalue weighted by atomic mass is 35.5. The molecule has 2 aromatic rings. The van der Waals surface area contributed by atoms with Gasteiger partial charge < -0.3 is 10.6 Å². The summed E-state index contributed by atoms with van der Waals surface area (Å²) in [5.41, 5.74) is 2.24. The number of amides is 1. The summed E-state index contributed by atoms with van der Waals surface area (Å²) in [6, 6.07) is 14.3. The Morgan fingerprint density at radius 1 is 1.18 bits per heavy atom. The highest BCUT2D eigenvalue weighted by Gasteiger charge is 2.42. The second kappa shape index (κ2) is 7.77. The Bertz CT molecular complexity index is 1040. The van der Waals surface area contributed by atoms with Gasteiger partial charge in [0.1, 0.15) is 0 Å². The molecule has 0 aliphatic carbocycles. The lowest BCUT2D eigenvalue weighted by Gasteiger charge is -2.09. The summed E-state index contributed by atoms with van der Waals surface area (Å²) in [6.45, 7) is 0.411. The fraction of sp³-hybridized carbons (Fsp3) is 0.263. The van der Waals surface area contributed by atoms with Crippen molar-refractivity contribution in [2.75, 3.05) is 16.8 Å². The van der Waals surface area contributed by atoms with Gasteiger partial charge in [0, 0.05) is 28.1 Å². The van der Waals surface area contributed by atoms with E-state index < -0.39 is 9.84 Å². The van der Waals surface area contributed by atoms with Gasteiger partial charge in [-0.15, -0.1) is 0 Å². The number of aliphatic imine (C=N–C) groups is 1. The minimum Gasteiger partial charge on any atom is -0.348 e. The molecule has 146 valence electrons. The van der Waals surface area contributed by atoms with E-state index in [1.54, 1.807) is 30.3 Å². The molecule has 1 saturated heterocycles. The van der Waals surface area contributed by atoms with E-state index in [9.17, 15) is 13.2 Å². The molecular weight excluding hydrogens is 418 g/mol. The topological polar surface area (TPSA) is 87.6 Å². The summed E-state index contributed by atoms with van der Waals surface area (Å²) in [4.78, 5) is 16.9. The lowest BCUT2D eigenvalue weighted by molar-refractivity contribution is 0.0951. The third kappa shape index (κ3) is 4.51. The summed E-state index contributed by atoms with van der Waals surface area (Å²) in [5.74, 6) is 0.107. The second-order valence-corrected chi connectivity index (χ2v) is 10.6. The van der Waals surface area contributed by atoms with Gasteiger partial charge in [-0.3, -0.25) is 9.79 Å². The van der Waals surface area contributed by atoms with Crippen LogP contribution in [0, 0.1) is 0 Å². The zero-order chi connectivity index (χ0) is 19.7. The molecule has 0 spiro atoms. The van der Waals surface area contributed by atoms with Crippen LogP contribution in [-0.2, 0) is 16.4 Å². The lowest BCUT2D eigenvalue weighted by atomic mass is 10.1. The van der Waals surface area contributed by atoms with Gasteiger partial charge in [0.05, 0.1) is 17.5 Å². The first kappa shape index (κ1) is 19.3. The van der Waals surface area contributed by atoms with Crippen molar-refractivity contribution in [3.8, 4) is 0 Å². The number of benzene rings is 2. The number of hydrogen-bond donors (Lipinski definition) is 2. The molecule has 2 aromatic carbocycles. The van der Waals surface area contributed by atoms with E-state index in [1.807, 2.05) is 18.2 Å². The molecule has 2 heterocycles. The molecule has 2 aliphatic rings. The molecule has 4 rings (SSSR count). The summed E-state index contributed by atoms with van der Waals surface area (Å²) < 4.78 is 23.3. The summed E-state index contributed by atoms with van der Waals surface area (Å²) in [6.07, 6.45) is 0. The van der Waals surface area contributed by atoms with Crippen molar-refractivity contribution in [2.24, 2.45) is 4.99 Å². The average molecular weight is 436 g/mol. The molecule has 0 aromatic heterocycles. The maximum atomic E-state index is 12.4. The standard InChI is InChI=1S/C19H18ClN3O3S2/c20-14-6-4-12(5-7-14)9-21-18(24)13-2-1-3-15(8-13)22-19-23-16-10-28(25,26)11-17(16)27-19/h1-8,16-17H,9-11H2,(H,21,24)(H,22,23)/t16-,17+/m1/s1. The number of amidine groups is 1. The van der Waals surface area contributed by atoms with Crippen LogP contribution in [-0.4, -0.2) is 42.3 Å². The maximum Gasteiger partial charge on any atom is 0.251 e. The highest BCUT2D eigenvalue weighted by Crippen LogP contribution is 2.34. The van der Waals surface area contributed by atoms with Gasteiger partial charge in [0.25, 0.3) is 5.91 Å². The third-order valence-corrected chi connectivity index (χ3v) is 7.95. The molecule has 0 saturated carbocycles. The molecule has 28 heavy (non-hydrogen) atoms. The number of halogens is 1. The smallest absolute Gasteiger partial charge is 0.251 e. The zero-order valence-electron chi connectivity index (χ0n) is 14.8. The van der Waals surface area contributed by atoms with Gasteiger partial charge in [0.15, 0.2) is 15.0 Å². The number of nitrogens with zero attached hydrogens (tertiary/aromatic N) is 1. The Morgan fingerprint density at radius 3 is 2.71 bits per heavy atom. The monoisotopic (exact) mass is 435 g/mol. The number of fused-ring (bicyclic) bond motifs is 1. The first-order valence-electron chi connectivity index (χ1n) is 8.73. The molecule has 2 atom stereocenters. The van der Waals surface area contributed by atoms with Crippen molar-refractivity contribution in [3.05, 3.63) is 64.7 Å². The van der Waals surface area contributed by atoms with Crippen LogP contribution in [0.3, 0.4) is 0 Å². The number of thioether (sulfide) groups is 1.